The Kier molecular flexibility index (Phi) is 7.07. The molecule has 0 bridgehead atoms. The molecule has 0 unspecified atom stereocenters. The summed E-state index contributed by atoms with van der Waals surface area (Å²) in [5.41, 5.74) is 3.29. The summed E-state index contributed by atoms with van der Waals surface area (Å²) in [6.07, 6.45) is 0. The average Bonchev–Trinajstić information content (AvgIpc) is 2.72. The van der Waals surface area contributed by atoms with Crippen molar-refractivity contribution in [2.75, 3.05) is 12.4 Å². The van der Waals surface area contributed by atoms with Gasteiger partial charge >= 0.3 is 0 Å². The van der Waals surface area contributed by atoms with Crippen molar-refractivity contribution in [3.8, 4) is 5.75 Å². The van der Waals surface area contributed by atoms with Gasteiger partial charge in [0, 0.05) is 23.7 Å². The predicted molar refractivity (Wildman–Crippen MR) is 121 cm³/mol. The maximum atomic E-state index is 14.4. The molecule has 29 heavy (non-hydrogen) atoms. The molecule has 0 aliphatic heterocycles. The molecule has 0 fully saturated rings. The topological polar surface area (TPSA) is 24.5 Å². The van der Waals surface area contributed by atoms with E-state index in [0.29, 0.717) is 28.0 Å². The second-order valence-electron chi connectivity index (χ2n) is 6.68. The second kappa shape index (κ2) is 9.72. The zero-order chi connectivity index (χ0) is 20.8. The molecule has 3 rings (SSSR count). The molecule has 6 heteroatoms. The van der Waals surface area contributed by atoms with Gasteiger partial charge in [-0.3, -0.25) is 0 Å². The lowest BCUT2D eigenvalue weighted by atomic mass is 10.1. The van der Waals surface area contributed by atoms with Crippen LogP contribution in [-0.2, 0) is 13.1 Å². The summed E-state index contributed by atoms with van der Waals surface area (Å²) in [5, 5.41) is 4.06. The Balaban J connectivity index is 1.89. The van der Waals surface area contributed by atoms with Crippen LogP contribution in [0.3, 0.4) is 0 Å². The average molecular weight is 429 g/mol. The van der Waals surface area contributed by atoms with Gasteiger partial charge in [0.15, 0.2) is 5.11 Å². The molecule has 0 atom stereocenters. The number of anilines is 1. The Hall–Kier alpha value is -2.63. The molecule has 0 aliphatic carbocycles. The van der Waals surface area contributed by atoms with Crippen molar-refractivity contribution in [3.63, 3.8) is 0 Å². The summed E-state index contributed by atoms with van der Waals surface area (Å²) in [6.45, 7) is 2.73. The van der Waals surface area contributed by atoms with E-state index in [2.05, 4.69) is 5.32 Å². The first kappa shape index (κ1) is 21.1. The van der Waals surface area contributed by atoms with Crippen LogP contribution in [0.15, 0.2) is 66.7 Å². The molecule has 0 heterocycles. The van der Waals surface area contributed by atoms with Crippen LogP contribution in [-0.4, -0.2) is 17.1 Å². The van der Waals surface area contributed by atoms with Crippen LogP contribution >= 0.6 is 23.8 Å². The molecular weight excluding hydrogens is 407 g/mol. The number of hydrogen-bond donors (Lipinski definition) is 1. The van der Waals surface area contributed by atoms with E-state index in [1.54, 1.807) is 19.2 Å². The lowest BCUT2D eigenvalue weighted by Crippen LogP contribution is -2.34. The third kappa shape index (κ3) is 5.46. The Morgan fingerprint density at radius 1 is 1.07 bits per heavy atom. The number of thiocarbonyl (C=S) groups is 1. The lowest BCUT2D eigenvalue weighted by Gasteiger charge is -2.27. The first-order valence-electron chi connectivity index (χ1n) is 9.15. The summed E-state index contributed by atoms with van der Waals surface area (Å²) >= 11 is 11.9. The van der Waals surface area contributed by atoms with Gasteiger partial charge in [-0.05, 0) is 54.5 Å². The minimum Gasteiger partial charge on any atom is -0.495 e. The molecule has 150 valence electrons. The van der Waals surface area contributed by atoms with E-state index >= 15 is 0 Å². The smallest absolute Gasteiger partial charge is 0.174 e. The van der Waals surface area contributed by atoms with Crippen LogP contribution in [0.25, 0.3) is 0 Å². The van der Waals surface area contributed by atoms with Crippen molar-refractivity contribution in [2.24, 2.45) is 0 Å². The molecule has 3 aromatic carbocycles. The number of ether oxygens (including phenoxy) is 1. The quantitative estimate of drug-likeness (QED) is 0.473. The van der Waals surface area contributed by atoms with Crippen LogP contribution in [0.4, 0.5) is 10.1 Å². The molecule has 0 spiro atoms. The van der Waals surface area contributed by atoms with Gasteiger partial charge in [-0.2, -0.15) is 0 Å². The molecular formula is C23H22ClFN2OS. The van der Waals surface area contributed by atoms with Gasteiger partial charge in [0.05, 0.1) is 12.8 Å². The molecule has 0 aromatic heterocycles. The van der Waals surface area contributed by atoms with Gasteiger partial charge in [-0.1, -0.05) is 54.1 Å². The van der Waals surface area contributed by atoms with Gasteiger partial charge in [0.25, 0.3) is 0 Å². The highest BCUT2D eigenvalue weighted by Gasteiger charge is 2.17. The molecule has 0 radical (unpaired) electrons. The standard InChI is InChI=1S/C23H22ClFN2OS/c1-16-11-12-21(22(13-16)28-2)26-23(29)27(14-17-7-4-3-5-8-17)15-18-19(24)9-6-10-20(18)25/h3-13H,14-15H2,1-2H3,(H,26,29). The van der Waals surface area contributed by atoms with E-state index in [0.717, 1.165) is 16.8 Å². The fraction of sp³-hybridized carbons (Fsp3) is 0.174. The summed E-state index contributed by atoms with van der Waals surface area (Å²) in [7, 11) is 1.61. The van der Waals surface area contributed by atoms with Crippen molar-refractivity contribution in [3.05, 3.63) is 94.3 Å². The number of aryl methyl sites for hydroxylation is 1. The second-order valence-corrected chi connectivity index (χ2v) is 7.47. The summed E-state index contributed by atoms with van der Waals surface area (Å²) in [4.78, 5) is 1.88. The van der Waals surface area contributed by atoms with Gasteiger partial charge in [0.1, 0.15) is 11.6 Å². The molecule has 0 amide bonds. The Labute approximate surface area is 181 Å². The van der Waals surface area contributed by atoms with Crippen LogP contribution < -0.4 is 10.1 Å². The van der Waals surface area contributed by atoms with Crippen LogP contribution in [0.2, 0.25) is 5.02 Å². The zero-order valence-corrected chi connectivity index (χ0v) is 17.9. The number of benzene rings is 3. The van der Waals surface area contributed by atoms with Gasteiger partial charge < -0.3 is 15.0 Å². The largest absolute Gasteiger partial charge is 0.495 e. The minimum absolute atomic E-state index is 0.237. The van der Waals surface area contributed by atoms with E-state index in [9.17, 15) is 4.39 Å². The SMILES string of the molecule is COc1cc(C)ccc1NC(=S)N(Cc1ccccc1)Cc1c(F)cccc1Cl. The number of nitrogens with one attached hydrogen (secondary N) is 1. The predicted octanol–water partition coefficient (Wildman–Crippen LogP) is 6.20. The van der Waals surface area contributed by atoms with E-state index < -0.39 is 0 Å². The van der Waals surface area contributed by atoms with E-state index in [4.69, 9.17) is 28.6 Å². The van der Waals surface area contributed by atoms with Crippen molar-refractivity contribution in [1.29, 1.82) is 0 Å². The van der Waals surface area contributed by atoms with E-state index in [-0.39, 0.29) is 12.4 Å². The number of methoxy groups -OCH3 is 1. The Morgan fingerprint density at radius 3 is 2.52 bits per heavy atom. The highest BCUT2D eigenvalue weighted by molar-refractivity contribution is 7.80. The number of rotatable bonds is 6. The van der Waals surface area contributed by atoms with Gasteiger partial charge in [-0.15, -0.1) is 0 Å². The first-order chi connectivity index (χ1) is 14.0. The fourth-order valence-corrected chi connectivity index (χ4v) is 3.44. The normalized spacial score (nSPS) is 10.5. The van der Waals surface area contributed by atoms with E-state index in [1.165, 1.54) is 6.07 Å². The Bertz CT molecular complexity index is 977. The first-order valence-corrected chi connectivity index (χ1v) is 9.94. The van der Waals surface area contributed by atoms with Gasteiger partial charge in [0.2, 0.25) is 0 Å². The molecule has 0 saturated heterocycles. The third-order valence-corrected chi connectivity index (χ3v) is 5.23. The summed E-state index contributed by atoms with van der Waals surface area (Å²) in [5.74, 6) is 0.335. The lowest BCUT2D eigenvalue weighted by molar-refractivity contribution is 0.401. The van der Waals surface area contributed by atoms with Crippen LogP contribution in [0, 0.1) is 12.7 Å². The number of nitrogens with zero attached hydrogens (tertiary/aromatic N) is 1. The summed E-state index contributed by atoms with van der Waals surface area (Å²) < 4.78 is 19.9. The van der Waals surface area contributed by atoms with E-state index in [1.807, 2.05) is 60.4 Å². The maximum absolute atomic E-state index is 14.4. The highest BCUT2D eigenvalue weighted by Crippen LogP contribution is 2.27. The highest BCUT2D eigenvalue weighted by atomic mass is 35.5. The third-order valence-electron chi connectivity index (χ3n) is 4.51. The van der Waals surface area contributed by atoms with Crippen molar-refractivity contribution < 1.29 is 9.13 Å². The molecule has 1 N–H and O–H groups in total. The van der Waals surface area contributed by atoms with Gasteiger partial charge in [-0.25, -0.2) is 4.39 Å². The molecule has 0 aliphatic rings. The van der Waals surface area contributed by atoms with Crippen molar-refractivity contribution in [1.82, 2.24) is 4.90 Å². The number of hydrogen-bond acceptors (Lipinski definition) is 2. The monoisotopic (exact) mass is 428 g/mol. The van der Waals surface area contributed by atoms with Crippen molar-refractivity contribution >= 4 is 34.6 Å². The minimum atomic E-state index is -0.355. The summed E-state index contributed by atoms with van der Waals surface area (Å²) in [6, 6.07) is 20.4. The van der Waals surface area contributed by atoms with Crippen LogP contribution in [0.1, 0.15) is 16.7 Å². The van der Waals surface area contributed by atoms with Crippen molar-refractivity contribution in [2.45, 2.75) is 20.0 Å². The maximum Gasteiger partial charge on any atom is 0.174 e. The Morgan fingerprint density at radius 2 is 1.83 bits per heavy atom. The molecule has 0 saturated carbocycles. The zero-order valence-electron chi connectivity index (χ0n) is 16.3. The molecule has 3 aromatic rings. The number of halogens is 2. The van der Waals surface area contributed by atoms with Crippen LogP contribution in [0.5, 0.6) is 5.75 Å². The molecule has 3 nitrogen and oxygen atoms in total. The fourth-order valence-electron chi connectivity index (χ4n) is 2.97.